The van der Waals surface area contributed by atoms with Crippen LogP contribution in [-0.2, 0) is 9.53 Å². The first-order valence-corrected chi connectivity index (χ1v) is 5.03. The molecule has 0 amide bonds. The second-order valence-corrected chi connectivity index (χ2v) is 3.86. The predicted octanol–water partition coefficient (Wildman–Crippen LogP) is 2.54. The molecule has 0 N–H and O–H groups in total. The molecule has 1 rings (SSSR count). The number of carbonyl (C=O) groups is 1. The number of carbonyl (C=O) groups excluding carboxylic acids is 1. The highest BCUT2D eigenvalue weighted by atomic mass is 16.5. The van der Waals surface area contributed by atoms with E-state index in [0.717, 1.165) is 18.4 Å². The minimum absolute atomic E-state index is 0.120. The topological polar surface area (TPSA) is 26.3 Å². The molecule has 1 aliphatic rings. The minimum Gasteiger partial charge on any atom is -0.463 e. The number of hydrogen-bond acceptors (Lipinski definition) is 2. The summed E-state index contributed by atoms with van der Waals surface area (Å²) in [5, 5.41) is 0. The smallest absolute Gasteiger partial charge is 0.333 e. The molecule has 2 nitrogen and oxygen atoms in total. The first kappa shape index (κ1) is 10.3. The monoisotopic (exact) mass is 182 g/mol. The number of esters is 1. The zero-order chi connectivity index (χ0) is 9.84. The van der Waals surface area contributed by atoms with Gasteiger partial charge in [0.05, 0.1) is 6.61 Å². The van der Waals surface area contributed by atoms with Crippen LogP contribution >= 0.6 is 0 Å². The molecule has 0 spiro atoms. The SMILES string of the molecule is CCOC(=O)C1=CC(C(C)C)CC1. The second kappa shape index (κ2) is 4.45. The summed E-state index contributed by atoms with van der Waals surface area (Å²) in [5.74, 6) is 1.08. The molecule has 1 aliphatic carbocycles. The van der Waals surface area contributed by atoms with Crippen LogP contribution < -0.4 is 0 Å². The van der Waals surface area contributed by atoms with Crippen molar-refractivity contribution < 1.29 is 9.53 Å². The summed E-state index contributed by atoms with van der Waals surface area (Å²) in [4.78, 5) is 11.3. The van der Waals surface area contributed by atoms with Crippen LogP contribution in [0.3, 0.4) is 0 Å². The van der Waals surface area contributed by atoms with Gasteiger partial charge in [0.1, 0.15) is 0 Å². The third-order valence-electron chi connectivity index (χ3n) is 2.56. The zero-order valence-corrected chi connectivity index (χ0v) is 8.67. The van der Waals surface area contributed by atoms with Gasteiger partial charge >= 0.3 is 5.97 Å². The standard InChI is InChI=1S/C11H18O2/c1-4-13-11(12)10-6-5-9(7-10)8(2)3/h7-9H,4-6H2,1-3H3. The molecule has 0 aromatic rings. The fourth-order valence-electron chi connectivity index (χ4n) is 1.67. The van der Waals surface area contributed by atoms with E-state index in [1.807, 2.05) is 6.92 Å². The Kier molecular flexibility index (Phi) is 3.52. The lowest BCUT2D eigenvalue weighted by atomic mass is 9.96. The highest BCUT2D eigenvalue weighted by Crippen LogP contribution is 2.30. The Morgan fingerprint density at radius 1 is 1.69 bits per heavy atom. The van der Waals surface area contributed by atoms with Gasteiger partial charge in [-0.3, -0.25) is 0 Å². The quantitative estimate of drug-likeness (QED) is 0.627. The molecule has 2 heteroatoms. The van der Waals surface area contributed by atoms with Gasteiger partial charge in [-0.2, -0.15) is 0 Å². The minimum atomic E-state index is -0.120. The van der Waals surface area contributed by atoms with Gasteiger partial charge in [-0.05, 0) is 31.6 Å². The predicted molar refractivity (Wildman–Crippen MR) is 52.3 cm³/mol. The van der Waals surface area contributed by atoms with E-state index in [0.29, 0.717) is 18.4 Å². The van der Waals surface area contributed by atoms with Crippen LogP contribution in [0.15, 0.2) is 11.6 Å². The van der Waals surface area contributed by atoms with Crippen LogP contribution in [0.2, 0.25) is 0 Å². The summed E-state index contributed by atoms with van der Waals surface area (Å²) in [6.07, 6.45) is 4.08. The van der Waals surface area contributed by atoms with Gasteiger partial charge in [-0.25, -0.2) is 4.79 Å². The molecular weight excluding hydrogens is 164 g/mol. The van der Waals surface area contributed by atoms with Gasteiger partial charge in [-0.15, -0.1) is 0 Å². The van der Waals surface area contributed by atoms with Crippen molar-refractivity contribution >= 4 is 5.97 Å². The molecule has 0 bridgehead atoms. The third-order valence-corrected chi connectivity index (χ3v) is 2.56. The fraction of sp³-hybridized carbons (Fsp3) is 0.727. The molecule has 74 valence electrons. The van der Waals surface area contributed by atoms with Gasteiger partial charge in [0, 0.05) is 5.57 Å². The van der Waals surface area contributed by atoms with Crippen molar-refractivity contribution in [1.82, 2.24) is 0 Å². The molecule has 0 radical (unpaired) electrons. The van der Waals surface area contributed by atoms with Gasteiger partial charge in [0.15, 0.2) is 0 Å². The fourth-order valence-corrected chi connectivity index (χ4v) is 1.67. The molecule has 0 fully saturated rings. The van der Waals surface area contributed by atoms with E-state index in [-0.39, 0.29) is 5.97 Å². The van der Waals surface area contributed by atoms with Gasteiger partial charge in [0.2, 0.25) is 0 Å². The van der Waals surface area contributed by atoms with Crippen molar-refractivity contribution in [3.8, 4) is 0 Å². The number of ether oxygens (including phenoxy) is 1. The molecule has 0 saturated carbocycles. The van der Waals surface area contributed by atoms with Crippen molar-refractivity contribution in [2.45, 2.75) is 33.6 Å². The zero-order valence-electron chi connectivity index (χ0n) is 8.67. The van der Waals surface area contributed by atoms with Crippen molar-refractivity contribution in [2.24, 2.45) is 11.8 Å². The molecule has 1 unspecified atom stereocenters. The lowest BCUT2D eigenvalue weighted by Gasteiger charge is -2.09. The first-order chi connectivity index (χ1) is 6.15. The normalized spacial score (nSPS) is 21.8. The Morgan fingerprint density at radius 3 is 2.85 bits per heavy atom. The van der Waals surface area contributed by atoms with Gasteiger partial charge < -0.3 is 4.74 Å². The summed E-state index contributed by atoms with van der Waals surface area (Å²) >= 11 is 0. The van der Waals surface area contributed by atoms with E-state index in [1.54, 1.807) is 0 Å². The Balaban J connectivity index is 2.53. The first-order valence-electron chi connectivity index (χ1n) is 5.03. The van der Waals surface area contributed by atoms with Crippen LogP contribution in [0.25, 0.3) is 0 Å². The average molecular weight is 182 g/mol. The maximum Gasteiger partial charge on any atom is 0.333 e. The largest absolute Gasteiger partial charge is 0.463 e. The van der Waals surface area contributed by atoms with Gasteiger partial charge in [0.25, 0.3) is 0 Å². The Bertz CT molecular complexity index is 216. The number of hydrogen-bond donors (Lipinski definition) is 0. The van der Waals surface area contributed by atoms with E-state index in [9.17, 15) is 4.79 Å². The number of allylic oxidation sites excluding steroid dienone is 1. The summed E-state index contributed by atoms with van der Waals surface area (Å²) in [6, 6.07) is 0. The Hall–Kier alpha value is -0.790. The van der Waals surface area contributed by atoms with Crippen molar-refractivity contribution in [1.29, 1.82) is 0 Å². The number of rotatable bonds is 3. The highest BCUT2D eigenvalue weighted by molar-refractivity contribution is 5.88. The summed E-state index contributed by atoms with van der Waals surface area (Å²) in [7, 11) is 0. The lowest BCUT2D eigenvalue weighted by molar-refractivity contribution is -0.138. The molecule has 0 aliphatic heterocycles. The molecule has 0 aromatic carbocycles. The van der Waals surface area contributed by atoms with E-state index in [2.05, 4.69) is 19.9 Å². The van der Waals surface area contributed by atoms with Crippen LogP contribution in [0.4, 0.5) is 0 Å². The summed E-state index contributed by atoms with van der Waals surface area (Å²) < 4.78 is 4.95. The maximum absolute atomic E-state index is 11.3. The van der Waals surface area contributed by atoms with Crippen molar-refractivity contribution in [3.05, 3.63) is 11.6 Å². The second-order valence-electron chi connectivity index (χ2n) is 3.86. The van der Waals surface area contributed by atoms with Crippen LogP contribution in [0.5, 0.6) is 0 Å². The molecular formula is C11H18O2. The van der Waals surface area contributed by atoms with Crippen LogP contribution in [0, 0.1) is 11.8 Å². The maximum atomic E-state index is 11.3. The van der Waals surface area contributed by atoms with E-state index in [1.165, 1.54) is 0 Å². The highest BCUT2D eigenvalue weighted by Gasteiger charge is 2.23. The average Bonchev–Trinajstić information content (AvgIpc) is 2.52. The van der Waals surface area contributed by atoms with Gasteiger partial charge in [-0.1, -0.05) is 19.9 Å². The van der Waals surface area contributed by atoms with Crippen LogP contribution in [0.1, 0.15) is 33.6 Å². The summed E-state index contributed by atoms with van der Waals surface area (Å²) in [5.41, 5.74) is 0.876. The van der Waals surface area contributed by atoms with Crippen molar-refractivity contribution in [3.63, 3.8) is 0 Å². The lowest BCUT2D eigenvalue weighted by Crippen LogP contribution is -2.05. The third kappa shape index (κ3) is 2.58. The van der Waals surface area contributed by atoms with Crippen LogP contribution in [-0.4, -0.2) is 12.6 Å². The molecule has 0 heterocycles. The summed E-state index contributed by atoms with van der Waals surface area (Å²) in [6.45, 7) is 6.69. The molecule has 0 aromatic heterocycles. The molecule has 13 heavy (non-hydrogen) atoms. The Morgan fingerprint density at radius 2 is 2.38 bits per heavy atom. The van der Waals surface area contributed by atoms with E-state index >= 15 is 0 Å². The molecule has 0 saturated heterocycles. The Labute approximate surface area is 80.0 Å². The van der Waals surface area contributed by atoms with E-state index in [4.69, 9.17) is 4.74 Å². The van der Waals surface area contributed by atoms with E-state index < -0.39 is 0 Å². The van der Waals surface area contributed by atoms with Crippen molar-refractivity contribution in [2.75, 3.05) is 6.61 Å². The molecule has 1 atom stereocenters.